The fraction of sp³-hybridized carbons (Fsp3) is 0.462. The van der Waals surface area contributed by atoms with E-state index in [0.29, 0.717) is 5.92 Å². The number of aromatic nitrogens is 2. The monoisotopic (exact) mass is 204 g/mol. The number of rotatable bonds is 2. The SMILES string of the molecule is CCc1cccc(C(C)C)cc(C)[nH]n1. The predicted octanol–water partition coefficient (Wildman–Crippen LogP) is 3.53. The first-order valence-electron chi connectivity index (χ1n) is 5.52. The molecule has 1 heterocycles. The van der Waals surface area contributed by atoms with Gasteiger partial charge in [-0.05, 0) is 37.0 Å². The molecule has 2 heteroatoms. The van der Waals surface area contributed by atoms with E-state index in [1.807, 2.05) is 6.92 Å². The highest BCUT2D eigenvalue weighted by atomic mass is 15.1. The molecule has 0 spiro atoms. The molecule has 0 bridgehead atoms. The van der Waals surface area contributed by atoms with Gasteiger partial charge in [0.05, 0.1) is 5.69 Å². The van der Waals surface area contributed by atoms with Crippen molar-refractivity contribution in [2.75, 3.05) is 0 Å². The van der Waals surface area contributed by atoms with E-state index in [1.165, 1.54) is 5.56 Å². The van der Waals surface area contributed by atoms with Crippen LogP contribution in [-0.2, 0) is 6.42 Å². The van der Waals surface area contributed by atoms with Gasteiger partial charge in [0.15, 0.2) is 0 Å². The van der Waals surface area contributed by atoms with E-state index in [0.717, 1.165) is 17.8 Å². The lowest BCUT2D eigenvalue weighted by atomic mass is 10.0. The third-order valence-electron chi connectivity index (χ3n) is 2.37. The summed E-state index contributed by atoms with van der Waals surface area (Å²) in [6.45, 7) is 8.54. The molecule has 1 rings (SSSR count). The van der Waals surface area contributed by atoms with Crippen LogP contribution in [0.25, 0.3) is 0 Å². The predicted molar refractivity (Wildman–Crippen MR) is 64.4 cm³/mol. The molecule has 15 heavy (non-hydrogen) atoms. The summed E-state index contributed by atoms with van der Waals surface area (Å²) in [4.78, 5) is 0. The quantitative estimate of drug-likeness (QED) is 0.784. The van der Waals surface area contributed by atoms with E-state index in [9.17, 15) is 0 Å². The summed E-state index contributed by atoms with van der Waals surface area (Å²) in [7, 11) is 0. The molecular formula is C13H20N2. The molecular weight excluding hydrogens is 184 g/mol. The maximum Gasteiger partial charge on any atom is 0.0604 e. The number of hydrogen-bond donors (Lipinski definition) is 1. The Morgan fingerprint density at radius 3 is 2.67 bits per heavy atom. The Labute approximate surface area is 92.1 Å². The van der Waals surface area contributed by atoms with Crippen molar-refractivity contribution < 1.29 is 0 Å². The fourth-order valence-corrected chi connectivity index (χ4v) is 1.35. The van der Waals surface area contributed by atoms with Crippen LogP contribution < -0.4 is 0 Å². The third kappa shape index (κ3) is 3.74. The zero-order chi connectivity index (χ0) is 11.3. The van der Waals surface area contributed by atoms with Gasteiger partial charge in [-0.15, -0.1) is 0 Å². The summed E-state index contributed by atoms with van der Waals surface area (Å²) in [5, 5.41) is 7.38. The average Bonchev–Trinajstić information content (AvgIpc) is 2.28. The van der Waals surface area contributed by atoms with Crippen molar-refractivity contribution in [2.24, 2.45) is 0 Å². The van der Waals surface area contributed by atoms with E-state index >= 15 is 0 Å². The van der Waals surface area contributed by atoms with Gasteiger partial charge in [-0.1, -0.05) is 32.9 Å². The Balaban J connectivity index is 3.29. The number of aryl methyl sites for hydroxylation is 2. The zero-order valence-electron chi connectivity index (χ0n) is 10.0. The summed E-state index contributed by atoms with van der Waals surface area (Å²) >= 11 is 0. The van der Waals surface area contributed by atoms with Crippen LogP contribution in [0.1, 0.15) is 43.6 Å². The molecule has 1 aromatic rings. The minimum absolute atomic E-state index is 0.537. The van der Waals surface area contributed by atoms with Gasteiger partial charge < -0.3 is 0 Å². The molecule has 0 atom stereocenters. The highest BCUT2D eigenvalue weighted by molar-refractivity contribution is 5.17. The van der Waals surface area contributed by atoms with E-state index in [-0.39, 0.29) is 0 Å². The first kappa shape index (κ1) is 11.8. The maximum atomic E-state index is 4.31. The number of hydrogen-bond acceptors (Lipinski definition) is 1. The lowest BCUT2D eigenvalue weighted by Crippen LogP contribution is -1.88. The molecule has 1 aromatic heterocycles. The van der Waals surface area contributed by atoms with Crippen LogP contribution in [0.3, 0.4) is 0 Å². The number of nitrogens with zero attached hydrogens (tertiary/aromatic N) is 1. The second-order valence-electron chi connectivity index (χ2n) is 4.08. The van der Waals surface area contributed by atoms with E-state index < -0.39 is 0 Å². The highest BCUT2D eigenvalue weighted by Crippen LogP contribution is 2.12. The Morgan fingerprint density at radius 1 is 1.33 bits per heavy atom. The maximum absolute atomic E-state index is 4.31. The Hall–Kier alpha value is -1.31. The summed E-state index contributed by atoms with van der Waals surface area (Å²) in [5.41, 5.74) is 3.48. The van der Waals surface area contributed by atoms with E-state index in [4.69, 9.17) is 0 Å². The summed E-state index contributed by atoms with van der Waals surface area (Å²) < 4.78 is 0. The van der Waals surface area contributed by atoms with Crippen LogP contribution in [0.5, 0.6) is 0 Å². The van der Waals surface area contributed by atoms with Gasteiger partial charge in [0.25, 0.3) is 0 Å². The molecule has 0 aliphatic rings. The number of nitrogens with one attached hydrogen (secondary N) is 1. The van der Waals surface area contributed by atoms with Gasteiger partial charge in [0.2, 0.25) is 0 Å². The number of H-pyrrole nitrogens is 1. The standard InChI is InChI=1S/C13H20N2/c1-5-13-8-6-7-12(10(2)3)9-11(4)14-15-13/h6-10,14H,5H2,1-4H3. The first-order chi connectivity index (χ1) is 7.13. The Bertz CT molecular complexity index is 363. The lowest BCUT2D eigenvalue weighted by Gasteiger charge is -2.01. The van der Waals surface area contributed by atoms with Crippen LogP contribution in [0, 0.1) is 6.92 Å². The van der Waals surface area contributed by atoms with Gasteiger partial charge in [-0.2, -0.15) is 5.10 Å². The second-order valence-corrected chi connectivity index (χ2v) is 4.08. The molecule has 0 aliphatic carbocycles. The molecule has 0 aliphatic heterocycles. The van der Waals surface area contributed by atoms with Crippen LogP contribution in [0.4, 0.5) is 0 Å². The van der Waals surface area contributed by atoms with Crippen LogP contribution in [0.2, 0.25) is 0 Å². The largest absolute Gasteiger partial charge is 0.283 e. The topological polar surface area (TPSA) is 28.7 Å². The van der Waals surface area contributed by atoms with Crippen LogP contribution >= 0.6 is 0 Å². The molecule has 0 fully saturated rings. The number of aromatic amines is 1. The van der Waals surface area contributed by atoms with Crippen molar-refractivity contribution in [3.8, 4) is 0 Å². The Kier molecular flexibility index (Phi) is 4.35. The average molecular weight is 204 g/mol. The molecule has 0 aromatic carbocycles. The second kappa shape index (κ2) is 5.54. The van der Waals surface area contributed by atoms with Gasteiger partial charge in [-0.3, -0.25) is 5.10 Å². The van der Waals surface area contributed by atoms with Crippen molar-refractivity contribution in [1.29, 1.82) is 0 Å². The molecule has 2 nitrogen and oxygen atoms in total. The van der Waals surface area contributed by atoms with Crippen molar-refractivity contribution in [1.82, 2.24) is 10.2 Å². The van der Waals surface area contributed by atoms with Gasteiger partial charge >= 0.3 is 0 Å². The van der Waals surface area contributed by atoms with Gasteiger partial charge in [0, 0.05) is 5.69 Å². The highest BCUT2D eigenvalue weighted by Gasteiger charge is 1.96. The Morgan fingerprint density at radius 2 is 2.07 bits per heavy atom. The minimum Gasteiger partial charge on any atom is -0.283 e. The minimum atomic E-state index is 0.537. The molecule has 82 valence electrons. The zero-order valence-corrected chi connectivity index (χ0v) is 10.0. The van der Waals surface area contributed by atoms with E-state index in [2.05, 4.69) is 55.2 Å². The summed E-state index contributed by atoms with van der Waals surface area (Å²) in [6, 6.07) is 8.44. The van der Waals surface area contributed by atoms with Gasteiger partial charge in [0.1, 0.15) is 0 Å². The normalized spacial score (nSPS) is 10.2. The van der Waals surface area contributed by atoms with Crippen molar-refractivity contribution in [3.05, 3.63) is 41.2 Å². The van der Waals surface area contributed by atoms with Crippen molar-refractivity contribution in [2.45, 2.75) is 40.0 Å². The van der Waals surface area contributed by atoms with E-state index in [1.54, 1.807) is 0 Å². The molecule has 0 saturated heterocycles. The van der Waals surface area contributed by atoms with Crippen molar-refractivity contribution >= 4 is 0 Å². The molecule has 0 radical (unpaired) electrons. The third-order valence-corrected chi connectivity index (χ3v) is 2.37. The van der Waals surface area contributed by atoms with Crippen LogP contribution in [0.15, 0.2) is 24.3 Å². The fourth-order valence-electron chi connectivity index (χ4n) is 1.35. The summed E-state index contributed by atoms with van der Waals surface area (Å²) in [5.74, 6) is 0.537. The molecule has 0 amide bonds. The molecule has 0 unspecified atom stereocenters. The summed E-state index contributed by atoms with van der Waals surface area (Å²) in [6.07, 6.45) is 0.946. The van der Waals surface area contributed by atoms with Gasteiger partial charge in [-0.25, -0.2) is 0 Å². The molecule has 1 N–H and O–H groups in total. The van der Waals surface area contributed by atoms with Crippen molar-refractivity contribution in [3.63, 3.8) is 0 Å². The lowest BCUT2D eigenvalue weighted by molar-refractivity contribution is 0.860. The van der Waals surface area contributed by atoms with Crippen LogP contribution in [-0.4, -0.2) is 10.2 Å². The molecule has 0 saturated carbocycles. The first-order valence-corrected chi connectivity index (χ1v) is 5.52. The smallest absolute Gasteiger partial charge is 0.0604 e.